The Morgan fingerprint density at radius 2 is 1.86 bits per heavy atom. The van der Waals surface area contributed by atoms with Crippen molar-refractivity contribution in [3.8, 4) is 11.1 Å². The second-order valence-corrected chi connectivity index (χ2v) is 8.81. The number of aromatic nitrogens is 1. The zero-order valence-corrected chi connectivity index (χ0v) is 15.7. The SMILES string of the molecule is CC(CCn1ccc(-c2ccc(F)c(F)c2F)cc1=O)(C(=O)NO)S(C)(=O)=O. The molecule has 0 saturated carbocycles. The van der Waals surface area contributed by atoms with Crippen LogP contribution in [-0.4, -0.2) is 35.1 Å². The van der Waals surface area contributed by atoms with Crippen LogP contribution in [0.5, 0.6) is 0 Å². The summed E-state index contributed by atoms with van der Waals surface area (Å²) >= 11 is 0. The van der Waals surface area contributed by atoms with Crippen LogP contribution < -0.4 is 11.0 Å². The molecule has 1 aromatic carbocycles. The zero-order valence-electron chi connectivity index (χ0n) is 14.9. The molecular weight excluding hydrogens is 401 g/mol. The average molecular weight is 418 g/mol. The van der Waals surface area contributed by atoms with Crippen molar-refractivity contribution in [2.45, 2.75) is 24.6 Å². The highest BCUT2D eigenvalue weighted by Gasteiger charge is 2.43. The van der Waals surface area contributed by atoms with Crippen molar-refractivity contribution in [2.24, 2.45) is 0 Å². The van der Waals surface area contributed by atoms with Crippen molar-refractivity contribution in [3.63, 3.8) is 0 Å². The minimum Gasteiger partial charge on any atom is -0.315 e. The summed E-state index contributed by atoms with van der Waals surface area (Å²) in [6.07, 6.45) is 1.69. The first-order chi connectivity index (χ1) is 12.9. The quantitative estimate of drug-likeness (QED) is 0.422. The van der Waals surface area contributed by atoms with E-state index in [-0.39, 0.29) is 24.1 Å². The van der Waals surface area contributed by atoms with Crippen molar-refractivity contribution >= 4 is 15.7 Å². The molecule has 1 heterocycles. The van der Waals surface area contributed by atoms with Crippen molar-refractivity contribution in [1.29, 1.82) is 0 Å². The number of carbonyl (C=O) groups is 1. The molecule has 0 aliphatic rings. The highest BCUT2D eigenvalue weighted by molar-refractivity contribution is 7.92. The van der Waals surface area contributed by atoms with Crippen molar-refractivity contribution in [1.82, 2.24) is 10.0 Å². The van der Waals surface area contributed by atoms with Crippen LogP contribution in [-0.2, 0) is 21.2 Å². The summed E-state index contributed by atoms with van der Waals surface area (Å²) in [6, 6.07) is 3.95. The third kappa shape index (κ3) is 3.94. The highest BCUT2D eigenvalue weighted by Crippen LogP contribution is 2.25. The molecule has 2 aromatic rings. The molecule has 1 aromatic heterocycles. The number of aryl methyl sites for hydroxylation is 1. The molecule has 0 aliphatic carbocycles. The number of hydrogen-bond donors (Lipinski definition) is 2. The lowest BCUT2D eigenvalue weighted by molar-refractivity contribution is -0.131. The lowest BCUT2D eigenvalue weighted by Crippen LogP contribution is -2.49. The van der Waals surface area contributed by atoms with E-state index >= 15 is 0 Å². The van der Waals surface area contributed by atoms with Gasteiger partial charge in [0.2, 0.25) is 0 Å². The number of hydrogen-bond acceptors (Lipinski definition) is 5. The largest absolute Gasteiger partial charge is 0.315 e. The topological polar surface area (TPSA) is 105 Å². The van der Waals surface area contributed by atoms with Gasteiger partial charge in [-0.1, -0.05) is 0 Å². The van der Waals surface area contributed by atoms with Crippen LogP contribution in [0, 0.1) is 17.5 Å². The van der Waals surface area contributed by atoms with E-state index in [9.17, 15) is 31.2 Å². The highest BCUT2D eigenvalue weighted by atomic mass is 32.2. The number of nitrogens with zero attached hydrogens (tertiary/aromatic N) is 1. The molecule has 0 bridgehead atoms. The molecule has 0 saturated heterocycles. The standard InChI is InChI=1S/C17H17F3N2O5S/c1-17(16(24)21-25,28(2,26)27)6-8-22-7-5-10(9-13(22)23)11-3-4-12(18)15(20)14(11)19/h3-5,7,9,25H,6,8H2,1-2H3,(H,21,24). The second-order valence-electron chi connectivity index (χ2n) is 6.36. The number of carbonyl (C=O) groups excluding carboxylic acids is 1. The molecule has 2 rings (SSSR count). The summed E-state index contributed by atoms with van der Waals surface area (Å²) in [5, 5.41) is 8.79. The van der Waals surface area contributed by atoms with Gasteiger partial charge in [-0.15, -0.1) is 0 Å². The second kappa shape index (κ2) is 7.76. The fraction of sp³-hybridized carbons (Fsp3) is 0.294. The molecule has 11 heteroatoms. The van der Waals surface area contributed by atoms with Gasteiger partial charge in [0.15, 0.2) is 32.0 Å². The Hall–Kier alpha value is -2.66. The van der Waals surface area contributed by atoms with Gasteiger partial charge in [0.1, 0.15) is 0 Å². The third-order valence-electron chi connectivity index (χ3n) is 4.57. The van der Waals surface area contributed by atoms with Crippen LogP contribution in [0.15, 0.2) is 35.3 Å². The van der Waals surface area contributed by atoms with Crippen LogP contribution in [0.25, 0.3) is 11.1 Å². The summed E-state index contributed by atoms with van der Waals surface area (Å²) in [5.74, 6) is -5.62. The van der Waals surface area contributed by atoms with Gasteiger partial charge in [-0.3, -0.25) is 14.8 Å². The van der Waals surface area contributed by atoms with E-state index in [0.717, 1.165) is 35.9 Å². The van der Waals surface area contributed by atoms with E-state index in [1.165, 1.54) is 17.7 Å². The van der Waals surface area contributed by atoms with Crippen LogP contribution in [0.3, 0.4) is 0 Å². The Balaban J connectivity index is 2.35. The fourth-order valence-corrected chi connectivity index (χ4v) is 3.37. The fourth-order valence-electron chi connectivity index (χ4n) is 2.53. The number of rotatable bonds is 6. The Morgan fingerprint density at radius 3 is 2.39 bits per heavy atom. The predicted molar refractivity (Wildman–Crippen MR) is 93.8 cm³/mol. The van der Waals surface area contributed by atoms with Gasteiger partial charge in [-0.25, -0.2) is 27.1 Å². The molecule has 2 N–H and O–H groups in total. The van der Waals surface area contributed by atoms with Gasteiger partial charge in [-0.05, 0) is 37.1 Å². The van der Waals surface area contributed by atoms with Crippen LogP contribution in [0.4, 0.5) is 13.2 Å². The summed E-state index contributed by atoms with van der Waals surface area (Å²) in [6.45, 7) is 0.889. The van der Waals surface area contributed by atoms with E-state index in [4.69, 9.17) is 5.21 Å². The van der Waals surface area contributed by atoms with E-state index in [1.54, 1.807) is 0 Å². The Labute approximate surface area is 158 Å². The van der Waals surface area contributed by atoms with Gasteiger partial charge in [0.25, 0.3) is 11.5 Å². The summed E-state index contributed by atoms with van der Waals surface area (Å²) < 4.78 is 63.2. The molecule has 1 unspecified atom stereocenters. The van der Waals surface area contributed by atoms with Crippen molar-refractivity contribution < 1.29 is 31.6 Å². The smallest absolute Gasteiger partial charge is 0.264 e. The van der Waals surface area contributed by atoms with Gasteiger partial charge >= 0.3 is 0 Å². The number of halogens is 3. The normalized spacial score (nSPS) is 13.8. The average Bonchev–Trinajstić information content (AvgIpc) is 2.63. The van der Waals surface area contributed by atoms with Gasteiger partial charge in [0.05, 0.1) is 0 Å². The maximum Gasteiger partial charge on any atom is 0.264 e. The first kappa shape index (κ1) is 21.6. The number of pyridine rings is 1. The number of nitrogens with one attached hydrogen (secondary N) is 1. The number of sulfone groups is 1. The molecule has 0 radical (unpaired) electrons. The summed E-state index contributed by atoms with van der Waals surface area (Å²) in [5.41, 5.74) is 0.299. The molecule has 28 heavy (non-hydrogen) atoms. The molecule has 0 spiro atoms. The monoisotopic (exact) mass is 418 g/mol. The molecule has 7 nitrogen and oxygen atoms in total. The minimum absolute atomic E-state index is 0.00312. The minimum atomic E-state index is -3.94. The lowest BCUT2D eigenvalue weighted by atomic mass is 10.0. The van der Waals surface area contributed by atoms with Crippen LogP contribution in [0.1, 0.15) is 13.3 Å². The van der Waals surface area contributed by atoms with E-state index in [2.05, 4.69) is 0 Å². The first-order valence-corrected chi connectivity index (χ1v) is 9.80. The van der Waals surface area contributed by atoms with Gasteiger partial charge < -0.3 is 4.57 Å². The summed E-state index contributed by atoms with van der Waals surface area (Å²) in [4.78, 5) is 24.0. The molecule has 1 amide bonds. The first-order valence-electron chi connectivity index (χ1n) is 7.91. The number of hydroxylamine groups is 1. The molecule has 1 atom stereocenters. The van der Waals surface area contributed by atoms with E-state index < -0.39 is 43.5 Å². The van der Waals surface area contributed by atoms with Crippen LogP contribution in [0.2, 0.25) is 0 Å². The predicted octanol–water partition coefficient (Wildman–Crippen LogP) is 1.63. The van der Waals surface area contributed by atoms with E-state index in [1.807, 2.05) is 0 Å². The molecular formula is C17H17F3N2O5S. The zero-order chi connectivity index (χ0) is 21.3. The summed E-state index contributed by atoms with van der Waals surface area (Å²) in [7, 11) is -3.94. The molecule has 152 valence electrons. The van der Waals surface area contributed by atoms with Gasteiger partial charge in [-0.2, -0.15) is 0 Å². The van der Waals surface area contributed by atoms with E-state index in [0.29, 0.717) is 0 Å². The number of amides is 1. The number of benzene rings is 1. The molecule has 0 fully saturated rings. The van der Waals surface area contributed by atoms with Crippen molar-refractivity contribution in [2.75, 3.05) is 6.26 Å². The third-order valence-corrected chi connectivity index (χ3v) is 6.60. The van der Waals surface area contributed by atoms with Gasteiger partial charge in [0, 0.05) is 30.6 Å². The Bertz CT molecular complexity index is 1080. The van der Waals surface area contributed by atoms with Crippen molar-refractivity contribution in [3.05, 3.63) is 58.3 Å². The maximum atomic E-state index is 13.9. The Kier molecular flexibility index (Phi) is 6.00. The Morgan fingerprint density at radius 1 is 1.21 bits per heavy atom. The van der Waals surface area contributed by atoms with Crippen LogP contribution >= 0.6 is 0 Å². The lowest BCUT2D eigenvalue weighted by Gasteiger charge is -2.25. The molecule has 0 aliphatic heterocycles. The maximum absolute atomic E-state index is 13.9.